The van der Waals surface area contributed by atoms with Gasteiger partial charge in [0.25, 0.3) is 0 Å². The Morgan fingerprint density at radius 3 is 2.64 bits per heavy atom. The normalized spacial score (nSPS) is 34.5. The first-order valence-corrected chi connectivity index (χ1v) is 4.11. The Hall–Kier alpha value is -0.340. The fourth-order valence-corrected chi connectivity index (χ4v) is 1.12. The van der Waals surface area contributed by atoms with E-state index in [2.05, 4.69) is 6.58 Å². The molecule has 0 spiro atoms. The molecule has 0 radical (unpaired) electrons. The maximum absolute atomic E-state index is 9.18. The molecule has 0 aromatic carbocycles. The van der Waals surface area contributed by atoms with E-state index in [4.69, 9.17) is 4.74 Å². The lowest BCUT2D eigenvalue weighted by Crippen LogP contribution is -2.15. The van der Waals surface area contributed by atoms with E-state index >= 15 is 0 Å². The van der Waals surface area contributed by atoms with Crippen LogP contribution in [-0.2, 0) is 4.74 Å². The monoisotopic (exact) mass is 156 g/mol. The predicted octanol–water partition coefficient (Wildman–Crippen LogP) is 1.35. The van der Waals surface area contributed by atoms with Crippen LogP contribution in [0.5, 0.6) is 0 Å². The zero-order chi connectivity index (χ0) is 8.43. The molecular formula is C9H16O2. The van der Waals surface area contributed by atoms with Gasteiger partial charge in [-0.25, -0.2) is 0 Å². The number of ether oxygens (including phenoxy) is 1. The Morgan fingerprint density at radius 1 is 1.64 bits per heavy atom. The van der Waals surface area contributed by atoms with Crippen LogP contribution in [-0.4, -0.2) is 23.4 Å². The van der Waals surface area contributed by atoms with Crippen molar-refractivity contribution in [2.45, 2.75) is 38.6 Å². The van der Waals surface area contributed by atoms with E-state index in [1.165, 1.54) is 0 Å². The summed E-state index contributed by atoms with van der Waals surface area (Å²) in [5, 5.41) is 9.18. The van der Waals surface area contributed by atoms with Gasteiger partial charge in [0, 0.05) is 0 Å². The number of aliphatic hydroxyl groups is 1. The van der Waals surface area contributed by atoms with Gasteiger partial charge in [0.1, 0.15) is 6.10 Å². The molecule has 11 heavy (non-hydrogen) atoms. The van der Waals surface area contributed by atoms with Crippen LogP contribution in [0.3, 0.4) is 0 Å². The highest BCUT2D eigenvalue weighted by Gasteiger charge is 2.37. The zero-order valence-corrected chi connectivity index (χ0v) is 7.16. The summed E-state index contributed by atoms with van der Waals surface area (Å²) in [7, 11) is 0. The highest BCUT2D eigenvalue weighted by Crippen LogP contribution is 2.29. The molecule has 0 bridgehead atoms. The SMILES string of the molecule is C=CC1OC1CC(C)C(C)O. The quantitative estimate of drug-likeness (QED) is 0.492. The summed E-state index contributed by atoms with van der Waals surface area (Å²) in [5.74, 6) is 0.324. The Morgan fingerprint density at radius 2 is 2.27 bits per heavy atom. The van der Waals surface area contributed by atoms with E-state index in [0.29, 0.717) is 12.0 Å². The molecule has 2 nitrogen and oxygen atoms in total. The molecular weight excluding hydrogens is 140 g/mol. The predicted molar refractivity (Wildman–Crippen MR) is 44.3 cm³/mol. The second-order valence-corrected chi connectivity index (χ2v) is 3.33. The first kappa shape index (κ1) is 8.75. The minimum Gasteiger partial charge on any atom is -0.393 e. The minimum absolute atomic E-state index is 0.232. The van der Waals surface area contributed by atoms with Crippen LogP contribution >= 0.6 is 0 Å². The molecule has 1 aliphatic heterocycles. The number of hydrogen-bond acceptors (Lipinski definition) is 2. The minimum atomic E-state index is -0.232. The maximum atomic E-state index is 9.18. The molecule has 0 aromatic rings. The first-order chi connectivity index (χ1) is 5.15. The van der Waals surface area contributed by atoms with Crippen molar-refractivity contribution in [1.82, 2.24) is 0 Å². The second kappa shape index (κ2) is 3.37. The number of hydrogen-bond donors (Lipinski definition) is 1. The molecule has 0 saturated carbocycles. The molecule has 1 N–H and O–H groups in total. The van der Waals surface area contributed by atoms with E-state index < -0.39 is 0 Å². The molecule has 2 heteroatoms. The van der Waals surface area contributed by atoms with Gasteiger partial charge in [0.15, 0.2) is 0 Å². The van der Waals surface area contributed by atoms with E-state index in [0.717, 1.165) is 6.42 Å². The smallest absolute Gasteiger partial charge is 0.102 e. The van der Waals surface area contributed by atoms with Gasteiger partial charge in [0.05, 0.1) is 12.2 Å². The van der Waals surface area contributed by atoms with Crippen LogP contribution in [0, 0.1) is 5.92 Å². The molecule has 4 atom stereocenters. The van der Waals surface area contributed by atoms with Gasteiger partial charge in [-0.15, -0.1) is 6.58 Å². The van der Waals surface area contributed by atoms with Crippen molar-refractivity contribution in [1.29, 1.82) is 0 Å². The fraction of sp³-hybridized carbons (Fsp3) is 0.778. The fourth-order valence-electron chi connectivity index (χ4n) is 1.12. The molecule has 1 saturated heterocycles. The molecule has 1 aliphatic rings. The van der Waals surface area contributed by atoms with Crippen molar-refractivity contribution in [2.24, 2.45) is 5.92 Å². The second-order valence-electron chi connectivity index (χ2n) is 3.33. The molecule has 0 aromatic heterocycles. The van der Waals surface area contributed by atoms with Gasteiger partial charge in [0.2, 0.25) is 0 Å². The van der Waals surface area contributed by atoms with Crippen molar-refractivity contribution in [2.75, 3.05) is 0 Å². The summed E-state index contributed by atoms with van der Waals surface area (Å²) in [6.45, 7) is 7.49. The van der Waals surface area contributed by atoms with Crippen molar-refractivity contribution in [3.63, 3.8) is 0 Å². The van der Waals surface area contributed by atoms with Crippen LogP contribution in [0.2, 0.25) is 0 Å². The van der Waals surface area contributed by atoms with Crippen LogP contribution in [0.15, 0.2) is 12.7 Å². The zero-order valence-electron chi connectivity index (χ0n) is 7.16. The summed E-state index contributed by atoms with van der Waals surface area (Å²) in [4.78, 5) is 0. The van der Waals surface area contributed by atoms with Crippen molar-refractivity contribution >= 4 is 0 Å². The molecule has 1 fully saturated rings. The van der Waals surface area contributed by atoms with Gasteiger partial charge in [-0.1, -0.05) is 13.0 Å². The van der Waals surface area contributed by atoms with E-state index in [-0.39, 0.29) is 12.2 Å². The third-order valence-corrected chi connectivity index (χ3v) is 2.28. The number of rotatable bonds is 4. The Bertz CT molecular complexity index is 142. The highest BCUT2D eigenvalue weighted by atomic mass is 16.6. The van der Waals surface area contributed by atoms with Gasteiger partial charge < -0.3 is 9.84 Å². The molecule has 0 amide bonds. The Balaban J connectivity index is 2.17. The summed E-state index contributed by atoms with van der Waals surface area (Å²) < 4.78 is 5.26. The van der Waals surface area contributed by atoms with E-state index in [1.54, 1.807) is 0 Å². The van der Waals surface area contributed by atoms with Crippen LogP contribution in [0.1, 0.15) is 20.3 Å². The topological polar surface area (TPSA) is 32.8 Å². The Kier molecular flexibility index (Phi) is 2.68. The Labute approximate surface area is 67.9 Å². The van der Waals surface area contributed by atoms with Crippen LogP contribution in [0.4, 0.5) is 0 Å². The van der Waals surface area contributed by atoms with Crippen molar-refractivity contribution in [3.05, 3.63) is 12.7 Å². The van der Waals surface area contributed by atoms with Crippen molar-refractivity contribution < 1.29 is 9.84 Å². The molecule has 0 aliphatic carbocycles. The molecule has 1 rings (SSSR count). The summed E-state index contributed by atoms with van der Waals surface area (Å²) in [6, 6.07) is 0. The van der Waals surface area contributed by atoms with Crippen molar-refractivity contribution in [3.8, 4) is 0 Å². The van der Waals surface area contributed by atoms with Gasteiger partial charge in [-0.05, 0) is 19.3 Å². The summed E-state index contributed by atoms with van der Waals surface area (Å²) in [5.41, 5.74) is 0. The average molecular weight is 156 g/mol. The standard InChI is InChI=1S/C9H16O2/c1-4-8-9(11-8)5-6(2)7(3)10/h4,6-10H,1,5H2,2-3H3. The summed E-state index contributed by atoms with van der Waals surface area (Å²) in [6.07, 6.45) is 3.09. The lowest BCUT2D eigenvalue weighted by molar-refractivity contribution is 0.124. The molecule has 64 valence electrons. The highest BCUT2D eigenvalue weighted by molar-refractivity contribution is 4.98. The lowest BCUT2D eigenvalue weighted by atomic mass is 9.99. The number of aliphatic hydroxyl groups excluding tert-OH is 1. The lowest BCUT2D eigenvalue weighted by Gasteiger charge is -2.11. The van der Waals surface area contributed by atoms with Crippen LogP contribution in [0.25, 0.3) is 0 Å². The van der Waals surface area contributed by atoms with E-state index in [1.807, 2.05) is 19.9 Å². The third kappa shape index (κ3) is 2.31. The average Bonchev–Trinajstić information content (AvgIpc) is 2.67. The van der Waals surface area contributed by atoms with Crippen LogP contribution < -0.4 is 0 Å². The molecule has 4 unspecified atom stereocenters. The maximum Gasteiger partial charge on any atom is 0.102 e. The van der Waals surface area contributed by atoms with E-state index in [9.17, 15) is 5.11 Å². The van der Waals surface area contributed by atoms with Gasteiger partial charge in [-0.2, -0.15) is 0 Å². The summed E-state index contributed by atoms with van der Waals surface area (Å²) >= 11 is 0. The molecule has 1 heterocycles. The van der Waals surface area contributed by atoms with Gasteiger partial charge >= 0.3 is 0 Å². The third-order valence-electron chi connectivity index (χ3n) is 2.28. The van der Waals surface area contributed by atoms with Gasteiger partial charge in [-0.3, -0.25) is 0 Å². The first-order valence-electron chi connectivity index (χ1n) is 4.11. The largest absolute Gasteiger partial charge is 0.393 e. The number of epoxide rings is 1.